The summed E-state index contributed by atoms with van der Waals surface area (Å²) in [5.74, 6) is -1.15. The Balaban J connectivity index is 2.53. The number of phosphoric acid groups is 1. The molecule has 0 spiro atoms. The fourth-order valence-corrected chi connectivity index (χ4v) is 6.88. The van der Waals surface area contributed by atoms with Gasteiger partial charge >= 0.3 is 19.8 Å². The number of ether oxygens (including phenoxy) is 2. The molecular formula is C43H73O13P. The van der Waals surface area contributed by atoms with Crippen LogP contribution in [0.3, 0.4) is 0 Å². The minimum Gasteiger partial charge on any atom is -0.462 e. The molecule has 6 unspecified atom stereocenters. The first-order chi connectivity index (χ1) is 27.4. The highest BCUT2D eigenvalue weighted by atomic mass is 31.2. The molecule has 13 nitrogen and oxygen atoms in total. The Morgan fingerprint density at radius 3 is 1.54 bits per heavy atom. The van der Waals surface area contributed by atoms with Crippen LogP contribution >= 0.6 is 7.82 Å². The molecule has 6 N–H and O–H groups in total. The van der Waals surface area contributed by atoms with Crippen molar-refractivity contribution in [3.05, 3.63) is 60.8 Å². The van der Waals surface area contributed by atoms with E-state index in [2.05, 4.69) is 74.6 Å². The zero-order valence-corrected chi connectivity index (χ0v) is 35.3. The van der Waals surface area contributed by atoms with Gasteiger partial charge in [0, 0.05) is 12.8 Å². The molecule has 0 aromatic rings. The summed E-state index contributed by atoms with van der Waals surface area (Å²) in [6, 6.07) is 0. The van der Waals surface area contributed by atoms with Crippen molar-refractivity contribution in [2.24, 2.45) is 0 Å². The maximum absolute atomic E-state index is 12.8. The van der Waals surface area contributed by atoms with Gasteiger partial charge in [-0.2, -0.15) is 0 Å². The topological polar surface area (TPSA) is 210 Å². The Morgan fingerprint density at radius 1 is 0.561 bits per heavy atom. The fraction of sp³-hybridized carbons (Fsp3) is 0.721. The maximum atomic E-state index is 12.8. The lowest BCUT2D eigenvalue weighted by Crippen LogP contribution is -2.64. The molecule has 0 aliphatic heterocycles. The highest BCUT2D eigenvalue weighted by Crippen LogP contribution is 2.47. The van der Waals surface area contributed by atoms with Gasteiger partial charge in [0.25, 0.3) is 0 Å². The molecule has 0 saturated heterocycles. The lowest BCUT2D eigenvalue weighted by Gasteiger charge is -2.41. The Morgan fingerprint density at radius 2 is 1.00 bits per heavy atom. The number of aliphatic hydroxyl groups excluding tert-OH is 5. The molecule has 6 atom stereocenters. The third-order valence-corrected chi connectivity index (χ3v) is 10.3. The van der Waals surface area contributed by atoms with Crippen molar-refractivity contribution in [1.29, 1.82) is 0 Å². The summed E-state index contributed by atoms with van der Waals surface area (Å²) in [5.41, 5.74) is 0. The maximum Gasteiger partial charge on any atom is 0.472 e. The summed E-state index contributed by atoms with van der Waals surface area (Å²) in [4.78, 5) is 35.5. The van der Waals surface area contributed by atoms with Crippen LogP contribution in [0.1, 0.15) is 142 Å². The molecule has 1 aliphatic carbocycles. The Labute approximate surface area is 341 Å². The number of hydrogen-bond acceptors (Lipinski definition) is 12. The van der Waals surface area contributed by atoms with Crippen LogP contribution in [0.25, 0.3) is 0 Å². The van der Waals surface area contributed by atoms with Crippen LogP contribution < -0.4 is 0 Å². The number of phosphoric ester groups is 1. The first-order valence-corrected chi connectivity index (χ1v) is 22.6. The van der Waals surface area contributed by atoms with Gasteiger partial charge in [0.1, 0.15) is 43.2 Å². The predicted octanol–water partition coefficient (Wildman–Crippen LogP) is 7.38. The van der Waals surface area contributed by atoms with Crippen LogP contribution in [0.4, 0.5) is 0 Å². The second-order valence-corrected chi connectivity index (χ2v) is 15.9. The van der Waals surface area contributed by atoms with Gasteiger partial charge in [0.15, 0.2) is 6.10 Å². The van der Waals surface area contributed by atoms with Crippen molar-refractivity contribution in [3.8, 4) is 0 Å². The van der Waals surface area contributed by atoms with E-state index >= 15 is 0 Å². The van der Waals surface area contributed by atoms with Crippen LogP contribution in [0, 0.1) is 0 Å². The summed E-state index contributed by atoms with van der Waals surface area (Å²) in [6.45, 7) is 3.09. The summed E-state index contributed by atoms with van der Waals surface area (Å²) in [5, 5.41) is 50.0. The summed E-state index contributed by atoms with van der Waals surface area (Å²) < 4.78 is 33.4. The molecule has 0 heterocycles. The standard InChI is InChI=1S/C43H73O13P/c1-3-5-7-9-11-13-15-16-17-18-19-20-22-24-26-28-30-32-37(45)55-35(33-53-36(44)31-29-27-25-23-21-14-12-10-8-6-4-2)34-54-57(51,52)56-43-41(49)39(47)38(46)40(48)42(43)50/h5,7,10-13,16-17,19-20,35,38-43,46-50H,3-4,6,8-9,14-15,18,21-34H2,1-2H3,(H,51,52)/b7-5-,12-10-,13-11-,17-16-,20-19-. The second-order valence-electron chi connectivity index (χ2n) is 14.5. The Hall–Kier alpha value is -2.45. The zero-order valence-electron chi connectivity index (χ0n) is 34.4. The number of allylic oxidation sites excluding steroid dienone is 10. The van der Waals surface area contributed by atoms with E-state index in [-0.39, 0.29) is 12.8 Å². The predicted molar refractivity (Wildman–Crippen MR) is 221 cm³/mol. The first kappa shape index (κ1) is 52.6. The van der Waals surface area contributed by atoms with Crippen molar-refractivity contribution >= 4 is 19.8 Å². The summed E-state index contributed by atoms with van der Waals surface area (Å²) in [7, 11) is -5.12. The lowest BCUT2D eigenvalue weighted by atomic mass is 9.85. The zero-order chi connectivity index (χ0) is 42.2. The average Bonchev–Trinajstić information content (AvgIpc) is 3.19. The molecule has 14 heteroatoms. The molecule has 0 radical (unpaired) electrons. The van der Waals surface area contributed by atoms with E-state index in [9.17, 15) is 44.6 Å². The second kappa shape index (κ2) is 33.4. The number of carbonyl (C=O) groups is 2. The van der Waals surface area contributed by atoms with E-state index < -0.39 is 75.7 Å². The van der Waals surface area contributed by atoms with Crippen molar-refractivity contribution in [2.75, 3.05) is 13.2 Å². The highest BCUT2D eigenvalue weighted by molar-refractivity contribution is 7.47. The van der Waals surface area contributed by atoms with E-state index in [0.717, 1.165) is 89.9 Å². The number of hydrogen-bond donors (Lipinski definition) is 6. The Bertz CT molecular complexity index is 1230. The molecule has 0 aromatic carbocycles. The highest BCUT2D eigenvalue weighted by Gasteiger charge is 2.51. The number of esters is 2. The van der Waals surface area contributed by atoms with Crippen LogP contribution in [0.2, 0.25) is 0 Å². The van der Waals surface area contributed by atoms with Crippen LogP contribution in [-0.4, -0.2) is 98.3 Å². The van der Waals surface area contributed by atoms with Gasteiger partial charge in [0.05, 0.1) is 6.61 Å². The van der Waals surface area contributed by atoms with E-state index in [1.807, 2.05) is 0 Å². The van der Waals surface area contributed by atoms with E-state index in [1.54, 1.807) is 0 Å². The van der Waals surface area contributed by atoms with Crippen LogP contribution in [-0.2, 0) is 32.7 Å². The average molecular weight is 829 g/mol. The van der Waals surface area contributed by atoms with Crippen molar-refractivity contribution in [1.82, 2.24) is 0 Å². The van der Waals surface area contributed by atoms with E-state index in [4.69, 9.17) is 18.5 Å². The van der Waals surface area contributed by atoms with Gasteiger partial charge in [0.2, 0.25) is 0 Å². The molecule has 1 saturated carbocycles. The largest absolute Gasteiger partial charge is 0.472 e. The minimum atomic E-state index is -5.12. The summed E-state index contributed by atoms with van der Waals surface area (Å²) in [6.07, 6.45) is 25.7. The number of aliphatic hydroxyl groups is 5. The fourth-order valence-electron chi connectivity index (χ4n) is 5.90. The number of unbranched alkanes of at least 4 members (excludes halogenated alkanes) is 11. The molecule has 1 aliphatic rings. The van der Waals surface area contributed by atoms with Gasteiger partial charge in [-0.05, 0) is 70.6 Å². The van der Waals surface area contributed by atoms with Crippen molar-refractivity contribution in [2.45, 2.75) is 185 Å². The smallest absolute Gasteiger partial charge is 0.462 e. The normalized spacial score (nSPS) is 23.3. The number of carbonyl (C=O) groups excluding carboxylic acids is 2. The molecule has 0 bridgehead atoms. The SMILES string of the molecule is CC/C=C\C/C=C\C/C=C\C/C=C\CCCCCCC(=O)OC(COC(=O)CCCCCCC/C=C\CCCC)COP(=O)(O)OC1C(O)C(O)C(O)C(O)C1O. The van der Waals surface area contributed by atoms with Crippen LogP contribution in [0.15, 0.2) is 60.8 Å². The first-order valence-electron chi connectivity index (χ1n) is 21.1. The van der Waals surface area contributed by atoms with Gasteiger partial charge in [-0.1, -0.05) is 120 Å². The molecule has 1 fully saturated rings. The van der Waals surface area contributed by atoms with Gasteiger partial charge < -0.3 is 39.9 Å². The third-order valence-electron chi connectivity index (χ3n) is 9.34. The molecule has 0 amide bonds. The number of rotatable bonds is 33. The molecule has 1 rings (SSSR count). The molecule has 0 aromatic heterocycles. The minimum absolute atomic E-state index is 0.0643. The van der Waals surface area contributed by atoms with E-state index in [1.165, 1.54) is 12.8 Å². The quantitative estimate of drug-likeness (QED) is 0.0165. The van der Waals surface area contributed by atoms with Gasteiger partial charge in [-0.3, -0.25) is 18.6 Å². The monoisotopic (exact) mass is 828 g/mol. The lowest BCUT2D eigenvalue weighted by molar-refractivity contribution is -0.220. The third kappa shape index (κ3) is 26.3. The molecule has 57 heavy (non-hydrogen) atoms. The van der Waals surface area contributed by atoms with E-state index in [0.29, 0.717) is 12.8 Å². The Kier molecular flexibility index (Phi) is 30.8. The van der Waals surface area contributed by atoms with Crippen molar-refractivity contribution in [3.63, 3.8) is 0 Å². The molecule has 328 valence electrons. The van der Waals surface area contributed by atoms with Gasteiger partial charge in [-0.15, -0.1) is 0 Å². The van der Waals surface area contributed by atoms with Crippen LogP contribution in [0.5, 0.6) is 0 Å². The summed E-state index contributed by atoms with van der Waals surface area (Å²) >= 11 is 0. The van der Waals surface area contributed by atoms with Gasteiger partial charge in [-0.25, -0.2) is 4.57 Å². The van der Waals surface area contributed by atoms with Crippen molar-refractivity contribution < 1.29 is 63.1 Å². The molecular weight excluding hydrogens is 755 g/mol.